The van der Waals surface area contributed by atoms with Gasteiger partial charge in [-0.2, -0.15) is 0 Å². The van der Waals surface area contributed by atoms with Crippen molar-refractivity contribution in [3.63, 3.8) is 0 Å². The molecule has 136 heavy (non-hydrogen) atoms. The molecule has 0 saturated heterocycles. The van der Waals surface area contributed by atoms with Gasteiger partial charge < -0.3 is 37.9 Å². The van der Waals surface area contributed by atoms with E-state index in [4.69, 9.17) is 37.9 Å². The second-order valence-electron chi connectivity index (χ2n) is 41.4. The Morgan fingerprint density at radius 1 is 0.147 bits per heavy atom. The molecule has 0 aliphatic carbocycles. The van der Waals surface area contributed by atoms with E-state index in [1.807, 2.05) is 0 Å². The van der Waals surface area contributed by atoms with Gasteiger partial charge in [-0.3, -0.25) is 38.4 Å². The van der Waals surface area contributed by atoms with Crippen LogP contribution in [0.2, 0.25) is 0 Å². The van der Waals surface area contributed by atoms with Crippen LogP contribution in [0.15, 0.2) is 0 Å². The SMILES string of the molecule is CCCCCCCCC(CCCCCCCCC(=O)OCC(CC)CCCC)OC(=O)CCCCCCCC(OC(=O)CCCCCCC)C(CCCCCCCC)OC(=O)CCCCCCC.CCCCCCCCCC(CCCCCCCC(=O)OCC(CC)CCCC)OC(=O)CCCCCCCC(OC(=O)CCCCCCC)C(CCCCCCCC)OC(=O)CCCCCCC. The lowest BCUT2D eigenvalue weighted by molar-refractivity contribution is -0.169. The number of unbranched alkanes of at least 4 members (excludes halogenated alkanes) is 56. The minimum Gasteiger partial charge on any atom is -0.465 e. The predicted molar refractivity (Wildman–Crippen MR) is 572 cm³/mol. The minimum atomic E-state index is -0.413. The van der Waals surface area contributed by atoms with Gasteiger partial charge in [-0.05, 0) is 179 Å². The lowest BCUT2D eigenvalue weighted by atomic mass is 9.98. The smallest absolute Gasteiger partial charge is 0.306 e. The highest BCUT2D eigenvalue weighted by Crippen LogP contribution is 2.29. The third-order valence-corrected chi connectivity index (χ3v) is 28.0. The van der Waals surface area contributed by atoms with Crippen LogP contribution in [-0.2, 0) is 76.3 Å². The Morgan fingerprint density at radius 3 is 0.471 bits per heavy atom. The lowest BCUT2D eigenvalue weighted by Gasteiger charge is -2.27. The molecule has 0 aromatic heterocycles. The molecule has 0 fully saturated rings. The molecule has 0 aliphatic rings. The van der Waals surface area contributed by atoms with Crippen molar-refractivity contribution < 1.29 is 76.3 Å². The molecule has 0 heterocycles. The van der Waals surface area contributed by atoms with Gasteiger partial charge in [-0.25, -0.2) is 0 Å². The van der Waals surface area contributed by atoms with Crippen molar-refractivity contribution in [3.8, 4) is 0 Å². The fraction of sp³-hybridized carbons (Fsp3) is 0.933. The maximum atomic E-state index is 13.2. The second-order valence-corrected chi connectivity index (χ2v) is 41.4. The van der Waals surface area contributed by atoms with Gasteiger partial charge in [0.05, 0.1) is 13.2 Å². The van der Waals surface area contributed by atoms with Crippen LogP contribution in [0.4, 0.5) is 0 Å². The normalized spacial score (nSPS) is 13.2. The van der Waals surface area contributed by atoms with Crippen LogP contribution in [0.5, 0.6) is 0 Å². The second kappa shape index (κ2) is 107. The van der Waals surface area contributed by atoms with Gasteiger partial charge in [0.2, 0.25) is 0 Å². The summed E-state index contributed by atoms with van der Waals surface area (Å²) >= 11 is 0. The zero-order valence-electron chi connectivity index (χ0n) is 92.2. The van der Waals surface area contributed by atoms with Crippen LogP contribution < -0.4 is 0 Å². The third kappa shape index (κ3) is 93.4. The summed E-state index contributed by atoms with van der Waals surface area (Å²) in [6.07, 6.45) is 90.3. The summed E-state index contributed by atoms with van der Waals surface area (Å²) in [6, 6.07) is 0. The summed E-state index contributed by atoms with van der Waals surface area (Å²) in [7, 11) is 0. The van der Waals surface area contributed by atoms with Crippen LogP contribution in [0.3, 0.4) is 0 Å². The molecule has 0 spiro atoms. The van der Waals surface area contributed by atoms with E-state index in [1.165, 1.54) is 199 Å². The number of esters is 8. The van der Waals surface area contributed by atoms with Gasteiger partial charge in [-0.15, -0.1) is 0 Å². The Kier molecular flexibility index (Phi) is 105. The van der Waals surface area contributed by atoms with Crippen molar-refractivity contribution >= 4 is 47.8 Å². The summed E-state index contributed by atoms with van der Waals surface area (Å²) in [5, 5.41) is 0. The average Bonchev–Trinajstić information content (AvgIpc) is 0.892. The molecule has 804 valence electrons. The molecule has 0 bridgehead atoms. The topological polar surface area (TPSA) is 210 Å². The Balaban J connectivity index is 0. The molecular formula is C120H228O16. The first-order valence-corrected chi connectivity index (χ1v) is 60.0. The van der Waals surface area contributed by atoms with Crippen LogP contribution in [0, 0.1) is 11.8 Å². The molecule has 0 amide bonds. The number of carbonyl (C=O) groups is 8. The molecule has 0 radical (unpaired) electrons. The molecule has 0 aromatic carbocycles. The van der Waals surface area contributed by atoms with Crippen LogP contribution in [0.1, 0.15) is 661 Å². The predicted octanol–water partition coefficient (Wildman–Crippen LogP) is 37.1. The van der Waals surface area contributed by atoms with E-state index < -0.39 is 24.4 Å². The molecule has 0 aromatic rings. The molecule has 0 saturated carbocycles. The van der Waals surface area contributed by atoms with E-state index in [-0.39, 0.29) is 60.0 Å². The number of hydrogen-bond donors (Lipinski definition) is 0. The number of hydrogen-bond acceptors (Lipinski definition) is 16. The van der Waals surface area contributed by atoms with Crippen molar-refractivity contribution in [2.45, 2.75) is 698 Å². The number of carbonyl (C=O) groups excluding carboxylic acids is 8. The maximum absolute atomic E-state index is 13.2. The largest absolute Gasteiger partial charge is 0.465 e. The van der Waals surface area contributed by atoms with Gasteiger partial charge in [0, 0.05) is 51.4 Å². The molecule has 16 heteroatoms. The number of rotatable bonds is 106. The van der Waals surface area contributed by atoms with E-state index in [0.717, 1.165) is 315 Å². The summed E-state index contributed by atoms with van der Waals surface area (Å²) in [4.78, 5) is 104. The molecule has 8 atom stereocenters. The summed E-state index contributed by atoms with van der Waals surface area (Å²) in [5.41, 5.74) is 0. The maximum Gasteiger partial charge on any atom is 0.306 e. The highest BCUT2D eigenvalue weighted by atomic mass is 16.6. The van der Waals surface area contributed by atoms with Gasteiger partial charge in [0.1, 0.15) is 36.6 Å². The first-order chi connectivity index (χ1) is 66.5. The van der Waals surface area contributed by atoms with Crippen molar-refractivity contribution in [1.82, 2.24) is 0 Å². The van der Waals surface area contributed by atoms with E-state index in [1.54, 1.807) is 0 Å². The fourth-order valence-corrected chi connectivity index (χ4v) is 18.6. The van der Waals surface area contributed by atoms with Gasteiger partial charge >= 0.3 is 47.8 Å². The van der Waals surface area contributed by atoms with Crippen molar-refractivity contribution in [2.75, 3.05) is 13.2 Å². The van der Waals surface area contributed by atoms with E-state index >= 15 is 0 Å². The summed E-state index contributed by atoms with van der Waals surface area (Å²) in [5.74, 6) is 0.126. The zero-order chi connectivity index (χ0) is 99.9. The monoisotopic (exact) mass is 1930 g/mol. The average molecular weight is 1930 g/mol. The van der Waals surface area contributed by atoms with Crippen LogP contribution in [-0.4, -0.2) is 97.6 Å². The quantitative estimate of drug-likeness (QED) is 0.0315. The Bertz CT molecular complexity index is 2590. The minimum absolute atomic E-state index is 0.00291. The lowest BCUT2D eigenvalue weighted by Crippen LogP contribution is -2.35. The van der Waals surface area contributed by atoms with E-state index in [2.05, 4.69) is 83.1 Å². The molecule has 0 N–H and O–H groups in total. The van der Waals surface area contributed by atoms with Gasteiger partial charge in [-0.1, -0.05) is 443 Å². The highest BCUT2D eigenvalue weighted by molar-refractivity contribution is 5.72. The van der Waals surface area contributed by atoms with Gasteiger partial charge in [0.25, 0.3) is 0 Å². The fourth-order valence-electron chi connectivity index (χ4n) is 18.6. The van der Waals surface area contributed by atoms with E-state index in [9.17, 15) is 38.4 Å². The summed E-state index contributed by atoms with van der Waals surface area (Å²) < 4.78 is 48.3. The third-order valence-electron chi connectivity index (χ3n) is 28.0. The Hall–Kier alpha value is -4.24. The molecule has 8 unspecified atom stereocenters. The van der Waals surface area contributed by atoms with Crippen molar-refractivity contribution in [2.24, 2.45) is 11.8 Å². The van der Waals surface area contributed by atoms with Crippen molar-refractivity contribution in [1.29, 1.82) is 0 Å². The molecule has 16 nitrogen and oxygen atoms in total. The molecular weight excluding hydrogens is 1700 g/mol. The summed E-state index contributed by atoms with van der Waals surface area (Å²) in [6.45, 7) is 27.7. The zero-order valence-corrected chi connectivity index (χ0v) is 92.2. The van der Waals surface area contributed by atoms with Crippen molar-refractivity contribution in [3.05, 3.63) is 0 Å². The first-order valence-electron chi connectivity index (χ1n) is 60.0. The standard InChI is InChI=1S/2C60H114O8/c1-7-13-18-22-29-35-44-54(45-36-30-24-25-33-39-48-57(61)65-52-53(12-6)43-17-11-5)66-58(62)49-42-34-26-32-38-47-56(68-60(64)51-41-28-21-16-10-4)55(46-37-31-23-19-14-8-2)67-59(63)50-40-27-20-15-9-3;1-7-13-18-22-24-29-35-44-54(45-36-30-25-33-39-48-57(61)65-52-53(12-6)43-17-11-5)66-58(62)49-42-34-26-32-38-47-56(68-60(64)51-41-28-21-16-10-4)55(46-37-31-23-19-14-8-2)67-59(63)50-40-27-20-15-9-3/h2*53-56H,7-52H2,1-6H3. The van der Waals surface area contributed by atoms with Crippen LogP contribution in [0.25, 0.3) is 0 Å². The first kappa shape index (κ1) is 134. The Labute approximate surface area is 841 Å². The molecule has 0 rings (SSSR count). The number of ether oxygens (including phenoxy) is 8. The van der Waals surface area contributed by atoms with E-state index in [0.29, 0.717) is 89.3 Å². The Morgan fingerprint density at radius 2 is 0.294 bits per heavy atom. The molecule has 0 aliphatic heterocycles. The van der Waals surface area contributed by atoms with Gasteiger partial charge in [0.15, 0.2) is 0 Å². The highest BCUT2D eigenvalue weighted by Gasteiger charge is 2.31. The van der Waals surface area contributed by atoms with Crippen LogP contribution >= 0.6 is 0 Å².